The second kappa shape index (κ2) is 5.19. The summed E-state index contributed by atoms with van der Waals surface area (Å²) in [5, 5.41) is 9.79. The van der Waals surface area contributed by atoms with Crippen molar-refractivity contribution in [3.63, 3.8) is 0 Å². The summed E-state index contributed by atoms with van der Waals surface area (Å²) in [4.78, 5) is 0. The number of aromatic hydroxyl groups is 1. The standard InChI is InChI=1S/C17H26N2O/c1-10-2-4-11(5-3-10)12-6-7-13-9-15(20)17(19)16(18)14(13)8-12/h9-12,20H,2-8,18-19H2,1H3. The molecule has 3 heteroatoms. The van der Waals surface area contributed by atoms with Crippen LogP contribution in [0.25, 0.3) is 0 Å². The molecule has 3 nitrogen and oxygen atoms in total. The van der Waals surface area contributed by atoms with Gasteiger partial charge >= 0.3 is 0 Å². The van der Waals surface area contributed by atoms with Gasteiger partial charge in [-0.1, -0.05) is 19.8 Å². The molecule has 1 aromatic rings. The Morgan fingerprint density at radius 3 is 2.40 bits per heavy atom. The number of fused-ring (bicyclic) bond motifs is 1. The fourth-order valence-electron chi connectivity index (χ4n) is 4.13. The molecule has 2 aliphatic carbocycles. The van der Waals surface area contributed by atoms with E-state index in [1.54, 1.807) is 0 Å². The van der Waals surface area contributed by atoms with Gasteiger partial charge in [-0.15, -0.1) is 0 Å². The highest BCUT2D eigenvalue weighted by atomic mass is 16.3. The van der Waals surface area contributed by atoms with Crippen molar-refractivity contribution in [1.82, 2.24) is 0 Å². The van der Waals surface area contributed by atoms with Crippen LogP contribution >= 0.6 is 0 Å². The normalized spacial score (nSPS) is 29.9. The van der Waals surface area contributed by atoms with Crippen LogP contribution in [0.1, 0.15) is 50.2 Å². The summed E-state index contributed by atoms with van der Waals surface area (Å²) >= 11 is 0. The number of nitrogens with two attached hydrogens (primary N) is 2. The summed E-state index contributed by atoms with van der Waals surface area (Å²) in [5.74, 6) is 2.65. The van der Waals surface area contributed by atoms with Gasteiger partial charge in [-0.2, -0.15) is 0 Å². The van der Waals surface area contributed by atoms with Gasteiger partial charge in [0.05, 0.1) is 11.4 Å². The molecule has 20 heavy (non-hydrogen) atoms. The molecule has 1 atom stereocenters. The van der Waals surface area contributed by atoms with E-state index < -0.39 is 0 Å². The van der Waals surface area contributed by atoms with Gasteiger partial charge in [-0.25, -0.2) is 0 Å². The second-order valence-electron chi connectivity index (χ2n) is 6.88. The van der Waals surface area contributed by atoms with Gasteiger partial charge in [0, 0.05) is 0 Å². The third-order valence-corrected chi connectivity index (χ3v) is 5.57. The van der Waals surface area contributed by atoms with E-state index in [9.17, 15) is 5.11 Å². The van der Waals surface area contributed by atoms with E-state index in [2.05, 4.69) is 6.92 Å². The first-order chi connectivity index (χ1) is 9.56. The summed E-state index contributed by atoms with van der Waals surface area (Å²) < 4.78 is 0. The maximum atomic E-state index is 9.79. The highest BCUT2D eigenvalue weighted by Gasteiger charge is 2.30. The third kappa shape index (κ3) is 2.34. The van der Waals surface area contributed by atoms with Crippen molar-refractivity contribution in [3.8, 4) is 5.75 Å². The lowest BCUT2D eigenvalue weighted by Gasteiger charge is -2.36. The highest BCUT2D eigenvalue weighted by Crippen LogP contribution is 2.43. The lowest BCUT2D eigenvalue weighted by Crippen LogP contribution is -2.26. The topological polar surface area (TPSA) is 72.3 Å². The summed E-state index contributed by atoms with van der Waals surface area (Å²) in [7, 11) is 0. The van der Waals surface area contributed by atoms with Gasteiger partial charge in [0.15, 0.2) is 0 Å². The van der Waals surface area contributed by atoms with Crippen LogP contribution in [-0.2, 0) is 12.8 Å². The molecule has 5 N–H and O–H groups in total. The van der Waals surface area contributed by atoms with Crippen molar-refractivity contribution in [1.29, 1.82) is 0 Å². The summed E-state index contributed by atoms with van der Waals surface area (Å²) in [6.45, 7) is 2.37. The zero-order chi connectivity index (χ0) is 14.3. The molecular weight excluding hydrogens is 248 g/mol. The number of nitrogen functional groups attached to an aromatic ring is 2. The molecule has 0 aliphatic heterocycles. The van der Waals surface area contributed by atoms with Crippen molar-refractivity contribution >= 4 is 11.4 Å². The van der Waals surface area contributed by atoms with E-state index in [1.807, 2.05) is 6.07 Å². The average molecular weight is 274 g/mol. The minimum absolute atomic E-state index is 0.145. The first-order valence-corrected chi connectivity index (χ1v) is 7.95. The van der Waals surface area contributed by atoms with Crippen LogP contribution in [0.2, 0.25) is 0 Å². The van der Waals surface area contributed by atoms with Crippen molar-refractivity contribution in [2.24, 2.45) is 17.8 Å². The molecule has 1 aromatic carbocycles. The molecule has 0 bridgehead atoms. The predicted molar refractivity (Wildman–Crippen MR) is 83.6 cm³/mol. The van der Waals surface area contributed by atoms with Crippen molar-refractivity contribution in [2.75, 3.05) is 11.5 Å². The smallest absolute Gasteiger partial charge is 0.140 e. The monoisotopic (exact) mass is 274 g/mol. The first-order valence-electron chi connectivity index (χ1n) is 7.95. The Kier molecular flexibility index (Phi) is 3.53. The average Bonchev–Trinajstić information content (AvgIpc) is 2.46. The molecule has 0 saturated heterocycles. The van der Waals surface area contributed by atoms with Gasteiger partial charge in [-0.3, -0.25) is 0 Å². The Hall–Kier alpha value is -1.38. The van der Waals surface area contributed by atoms with E-state index in [-0.39, 0.29) is 5.75 Å². The van der Waals surface area contributed by atoms with Crippen LogP contribution in [0, 0.1) is 17.8 Å². The molecule has 2 aliphatic rings. The Morgan fingerprint density at radius 1 is 1.00 bits per heavy atom. The van der Waals surface area contributed by atoms with Crippen LogP contribution in [0.15, 0.2) is 6.07 Å². The zero-order valence-corrected chi connectivity index (χ0v) is 12.4. The molecular formula is C17H26N2O. The number of phenols is 1. The largest absolute Gasteiger partial charge is 0.506 e. The van der Waals surface area contributed by atoms with E-state index in [4.69, 9.17) is 11.5 Å². The van der Waals surface area contributed by atoms with Crippen LogP contribution in [0.4, 0.5) is 11.4 Å². The quantitative estimate of drug-likeness (QED) is 0.542. The third-order valence-electron chi connectivity index (χ3n) is 5.57. The fourth-order valence-corrected chi connectivity index (χ4v) is 4.13. The number of rotatable bonds is 1. The summed E-state index contributed by atoms with van der Waals surface area (Å²) in [5.41, 5.74) is 15.4. The fraction of sp³-hybridized carbons (Fsp3) is 0.647. The lowest BCUT2D eigenvalue weighted by atomic mass is 9.70. The van der Waals surface area contributed by atoms with Crippen molar-refractivity contribution in [2.45, 2.75) is 51.9 Å². The van der Waals surface area contributed by atoms with E-state index >= 15 is 0 Å². The van der Waals surface area contributed by atoms with Gasteiger partial charge in [0.2, 0.25) is 0 Å². The number of benzene rings is 1. The maximum absolute atomic E-state index is 9.79. The number of hydrogen-bond donors (Lipinski definition) is 3. The minimum atomic E-state index is 0.145. The highest BCUT2D eigenvalue weighted by molar-refractivity contribution is 5.76. The number of hydrogen-bond acceptors (Lipinski definition) is 3. The predicted octanol–water partition coefficient (Wildman–Crippen LogP) is 3.49. The number of anilines is 2. The molecule has 0 spiro atoms. The van der Waals surface area contributed by atoms with Crippen molar-refractivity contribution < 1.29 is 5.11 Å². The van der Waals surface area contributed by atoms with Crippen molar-refractivity contribution in [3.05, 3.63) is 17.2 Å². The van der Waals surface area contributed by atoms with E-state index in [1.165, 1.54) is 43.2 Å². The number of phenolic OH excluding ortho intramolecular Hbond substituents is 1. The lowest BCUT2D eigenvalue weighted by molar-refractivity contribution is 0.197. The molecule has 110 valence electrons. The Morgan fingerprint density at radius 2 is 1.70 bits per heavy atom. The summed E-state index contributed by atoms with van der Waals surface area (Å²) in [6, 6.07) is 1.82. The first kappa shape index (κ1) is 13.6. The van der Waals surface area contributed by atoms with E-state index in [0.29, 0.717) is 11.4 Å². The summed E-state index contributed by atoms with van der Waals surface area (Å²) in [6.07, 6.45) is 8.80. The van der Waals surface area contributed by atoms with Gasteiger partial charge in [0.25, 0.3) is 0 Å². The Bertz CT molecular complexity index is 504. The Labute approximate surface area is 121 Å². The van der Waals surface area contributed by atoms with E-state index in [0.717, 1.165) is 30.6 Å². The van der Waals surface area contributed by atoms with Crippen LogP contribution in [0.5, 0.6) is 5.75 Å². The molecule has 1 unspecified atom stereocenters. The molecule has 1 saturated carbocycles. The van der Waals surface area contributed by atoms with Crippen LogP contribution < -0.4 is 11.5 Å². The molecule has 0 amide bonds. The van der Waals surface area contributed by atoms with Gasteiger partial charge < -0.3 is 16.6 Å². The molecule has 0 aromatic heterocycles. The minimum Gasteiger partial charge on any atom is -0.506 e. The van der Waals surface area contributed by atoms with Gasteiger partial charge in [-0.05, 0) is 67.1 Å². The maximum Gasteiger partial charge on any atom is 0.140 e. The SMILES string of the molecule is CC1CCC(C2CCc3cc(O)c(N)c(N)c3C2)CC1. The zero-order valence-electron chi connectivity index (χ0n) is 12.4. The van der Waals surface area contributed by atoms with Crippen LogP contribution in [-0.4, -0.2) is 5.11 Å². The van der Waals surface area contributed by atoms with Gasteiger partial charge in [0.1, 0.15) is 5.75 Å². The van der Waals surface area contributed by atoms with Crippen LogP contribution in [0.3, 0.4) is 0 Å². The second-order valence-corrected chi connectivity index (χ2v) is 6.88. The number of aryl methyl sites for hydroxylation is 1. The Balaban J connectivity index is 1.80. The molecule has 0 radical (unpaired) electrons. The molecule has 1 fully saturated rings. The molecule has 0 heterocycles. The molecule has 3 rings (SSSR count).